The Labute approximate surface area is 144 Å². The minimum Gasteiger partial charge on any atom is -0.465 e. The van der Waals surface area contributed by atoms with Crippen LogP contribution in [0.2, 0.25) is 0 Å². The molecule has 0 bridgehead atoms. The SMILES string of the molecule is CCOC(=O)C(Sc1nnc2nc(C)cc(C)n12)c1ccccc1. The number of esters is 1. The normalized spacial score (nSPS) is 12.3. The molecule has 0 aliphatic rings. The number of hydrogen-bond acceptors (Lipinski definition) is 6. The fourth-order valence-corrected chi connectivity index (χ4v) is 3.57. The highest BCUT2D eigenvalue weighted by atomic mass is 32.2. The van der Waals surface area contributed by atoms with E-state index >= 15 is 0 Å². The number of carbonyl (C=O) groups excluding carboxylic acids is 1. The van der Waals surface area contributed by atoms with Gasteiger partial charge in [-0.1, -0.05) is 42.1 Å². The largest absolute Gasteiger partial charge is 0.465 e. The summed E-state index contributed by atoms with van der Waals surface area (Å²) < 4.78 is 7.09. The van der Waals surface area contributed by atoms with Crippen molar-refractivity contribution in [2.45, 2.75) is 31.2 Å². The van der Waals surface area contributed by atoms with Crippen LogP contribution in [0.25, 0.3) is 5.78 Å². The van der Waals surface area contributed by atoms with Crippen LogP contribution in [0, 0.1) is 13.8 Å². The third kappa shape index (κ3) is 3.26. The van der Waals surface area contributed by atoms with E-state index in [1.165, 1.54) is 11.8 Å². The Morgan fingerprint density at radius 1 is 1.25 bits per heavy atom. The van der Waals surface area contributed by atoms with E-state index in [1.54, 1.807) is 6.92 Å². The molecule has 7 heteroatoms. The zero-order valence-electron chi connectivity index (χ0n) is 13.8. The van der Waals surface area contributed by atoms with Gasteiger partial charge in [0.25, 0.3) is 5.78 Å². The molecule has 6 nitrogen and oxygen atoms in total. The predicted molar refractivity (Wildman–Crippen MR) is 91.9 cm³/mol. The van der Waals surface area contributed by atoms with Crippen molar-refractivity contribution in [1.29, 1.82) is 0 Å². The molecule has 1 aromatic carbocycles. The van der Waals surface area contributed by atoms with Gasteiger partial charge >= 0.3 is 5.97 Å². The molecule has 124 valence electrons. The van der Waals surface area contributed by atoms with Crippen LogP contribution in [0.4, 0.5) is 0 Å². The zero-order chi connectivity index (χ0) is 17.1. The highest BCUT2D eigenvalue weighted by Crippen LogP contribution is 2.35. The summed E-state index contributed by atoms with van der Waals surface area (Å²) in [5.74, 6) is 0.244. The van der Waals surface area contributed by atoms with Gasteiger partial charge in [-0.25, -0.2) is 4.98 Å². The van der Waals surface area contributed by atoms with E-state index < -0.39 is 5.25 Å². The molecule has 0 N–H and O–H groups in total. The average Bonchev–Trinajstić information content (AvgIpc) is 2.96. The van der Waals surface area contributed by atoms with Crippen molar-refractivity contribution in [3.8, 4) is 0 Å². The number of thioether (sulfide) groups is 1. The maximum atomic E-state index is 12.4. The molecule has 0 spiro atoms. The van der Waals surface area contributed by atoms with Crippen molar-refractivity contribution < 1.29 is 9.53 Å². The summed E-state index contributed by atoms with van der Waals surface area (Å²) in [7, 11) is 0. The highest BCUT2D eigenvalue weighted by Gasteiger charge is 2.26. The Kier molecular flexibility index (Phi) is 4.80. The number of rotatable bonds is 5. The molecule has 1 unspecified atom stereocenters. The molecular weight excluding hydrogens is 324 g/mol. The van der Waals surface area contributed by atoms with Crippen molar-refractivity contribution in [2.75, 3.05) is 6.61 Å². The first kappa shape index (κ1) is 16.4. The van der Waals surface area contributed by atoms with Gasteiger partial charge in [-0.3, -0.25) is 9.20 Å². The number of ether oxygens (including phenoxy) is 1. The second-order valence-electron chi connectivity index (χ2n) is 5.32. The quantitative estimate of drug-likeness (QED) is 0.524. The fraction of sp³-hybridized carbons (Fsp3) is 0.294. The molecule has 2 heterocycles. The number of hydrogen-bond donors (Lipinski definition) is 0. The van der Waals surface area contributed by atoms with Gasteiger partial charge < -0.3 is 4.74 Å². The van der Waals surface area contributed by atoms with Gasteiger partial charge in [-0.15, -0.1) is 10.2 Å². The van der Waals surface area contributed by atoms with Crippen LogP contribution in [0.5, 0.6) is 0 Å². The smallest absolute Gasteiger partial charge is 0.324 e. The van der Waals surface area contributed by atoms with E-state index in [0.29, 0.717) is 17.5 Å². The standard InChI is InChI=1S/C17H18N4O2S/c1-4-23-15(22)14(13-8-6-5-7-9-13)24-17-20-19-16-18-11(2)10-12(3)21(16)17/h5-10,14H,4H2,1-3H3. The van der Waals surface area contributed by atoms with Crippen molar-refractivity contribution in [1.82, 2.24) is 19.6 Å². The first-order valence-electron chi connectivity index (χ1n) is 7.67. The lowest BCUT2D eigenvalue weighted by Crippen LogP contribution is -2.14. The van der Waals surface area contributed by atoms with E-state index in [0.717, 1.165) is 17.0 Å². The lowest BCUT2D eigenvalue weighted by atomic mass is 10.1. The van der Waals surface area contributed by atoms with E-state index in [-0.39, 0.29) is 5.97 Å². The second kappa shape index (κ2) is 7.00. The van der Waals surface area contributed by atoms with Crippen LogP contribution < -0.4 is 0 Å². The van der Waals surface area contributed by atoms with Crippen molar-refractivity contribution >= 4 is 23.5 Å². The third-order valence-electron chi connectivity index (χ3n) is 3.49. The highest BCUT2D eigenvalue weighted by molar-refractivity contribution is 8.00. The fourth-order valence-electron chi connectivity index (χ4n) is 2.48. The Bertz CT molecular complexity index is 864. The average molecular weight is 342 g/mol. The number of fused-ring (bicyclic) bond motifs is 1. The first-order valence-corrected chi connectivity index (χ1v) is 8.55. The van der Waals surface area contributed by atoms with Gasteiger partial charge in [0.1, 0.15) is 5.25 Å². The molecule has 24 heavy (non-hydrogen) atoms. The number of benzene rings is 1. The van der Waals surface area contributed by atoms with Crippen LogP contribution >= 0.6 is 11.8 Å². The van der Waals surface area contributed by atoms with E-state index in [4.69, 9.17) is 4.74 Å². The third-order valence-corrected chi connectivity index (χ3v) is 4.66. The zero-order valence-corrected chi connectivity index (χ0v) is 14.6. The Balaban J connectivity index is 2.00. The van der Waals surface area contributed by atoms with Gasteiger partial charge in [-0.05, 0) is 32.4 Å². The summed E-state index contributed by atoms with van der Waals surface area (Å²) in [4.78, 5) is 16.8. The maximum Gasteiger partial charge on any atom is 0.324 e. The molecule has 1 atom stereocenters. The van der Waals surface area contributed by atoms with Gasteiger partial charge in [-0.2, -0.15) is 0 Å². The summed E-state index contributed by atoms with van der Waals surface area (Å²) in [5.41, 5.74) is 2.73. The van der Waals surface area contributed by atoms with Crippen molar-refractivity contribution in [3.05, 3.63) is 53.3 Å². The number of aryl methyl sites for hydroxylation is 2. The topological polar surface area (TPSA) is 69.4 Å². The Morgan fingerprint density at radius 2 is 2.00 bits per heavy atom. The van der Waals surface area contributed by atoms with Crippen LogP contribution in [-0.4, -0.2) is 32.2 Å². The number of carbonyl (C=O) groups is 1. The molecule has 3 rings (SSSR count). The maximum absolute atomic E-state index is 12.4. The van der Waals surface area contributed by atoms with E-state index in [9.17, 15) is 4.79 Å². The minimum atomic E-state index is -0.501. The molecular formula is C17H18N4O2S. The summed E-state index contributed by atoms with van der Waals surface area (Å²) in [5, 5.41) is 8.45. The first-order chi connectivity index (χ1) is 11.6. The molecule has 0 aliphatic carbocycles. The number of aromatic nitrogens is 4. The van der Waals surface area contributed by atoms with Gasteiger partial charge in [0.2, 0.25) is 0 Å². The van der Waals surface area contributed by atoms with Crippen molar-refractivity contribution in [3.63, 3.8) is 0 Å². The summed E-state index contributed by atoms with van der Waals surface area (Å²) in [6.45, 7) is 6.02. The predicted octanol–water partition coefficient (Wildman–Crippen LogP) is 3.14. The molecule has 0 amide bonds. The molecule has 0 saturated heterocycles. The Hall–Kier alpha value is -2.41. The lowest BCUT2D eigenvalue weighted by Gasteiger charge is -2.15. The lowest BCUT2D eigenvalue weighted by molar-refractivity contribution is -0.142. The van der Waals surface area contributed by atoms with Crippen LogP contribution in [0.3, 0.4) is 0 Å². The minimum absolute atomic E-state index is 0.289. The molecule has 0 saturated carbocycles. The molecule has 3 aromatic rings. The molecule has 0 fully saturated rings. The van der Waals surface area contributed by atoms with Crippen molar-refractivity contribution in [2.24, 2.45) is 0 Å². The van der Waals surface area contributed by atoms with Gasteiger partial charge in [0, 0.05) is 11.4 Å². The van der Waals surface area contributed by atoms with E-state index in [1.807, 2.05) is 54.6 Å². The van der Waals surface area contributed by atoms with Crippen LogP contribution in [-0.2, 0) is 9.53 Å². The summed E-state index contributed by atoms with van der Waals surface area (Å²) in [6.07, 6.45) is 0. The summed E-state index contributed by atoms with van der Waals surface area (Å²) >= 11 is 1.32. The van der Waals surface area contributed by atoms with E-state index in [2.05, 4.69) is 15.2 Å². The van der Waals surface area contributed by atoms with Gasteiger partial charge in [0.05, 0.1) is 6.61 Å². The number of nitrogens with zero attached hydrogens (tertiary/aromatic N) is 4. The molecule has 2 aromatic heterocycles. The molecule has 0 radical (unpaired) electrons. The molecule has 0 aliphatic heterocycles. The second-order valence-corrected chi connectivity index (χ2v) is 6.39. The Morgan fingerprint density at radius 3 is 2.71 bits per heavy atom. The van der Waals surface area contributed by atoms with Crippen LogP contribution in [0.1, 0.15) is 29.1 Å². The van der Waals surface area contributed by atoms with Gasteiger partial charge in [0.15, 0.2) is 5.16 Å². The van der Waals surface area contributed by atoms with Crippen LogP contribution in [0.15, 0.2) is 41.6 Å². The monoisotopic (exact) mass is 342 g/mol. The summed E-state index contributed by atoms with van der Waals surface area (Å²) in [6, 6.07) is 11.5.